The van der Waals surface area contributed by atoms with Crippen molar-refractivity contribution in [1.29, 1.82) is 0 Å². The number of aromatic amines is 1. The Morgan fingerprint density at radius 2 is 2.22 bits per heavy atom. The summed E-state index contributed by atoms with van der Waals surface area (Å²) >= 11 is 8.89. The van der Waals surface area contributed by atoms with E-state index < -0.39 is 0 Å². The number of benzene rings is 1. The molecule has 4 rings (SSSR count). The largest absolute Gasteiger partial charge is 0.493 e. The zero-order valence-electron chi connectivity index (χ0n) is 9.51. The second-order valence-corrected chi connectivity index (χ2v) is 7.35. The van der Waals surface area contributed by atoms with Crippen molar-refractivity contribution in [1.82, 2.24) is 4.98 Å². The van der Waals surface area contributed by atoms with E-state index in [1.54, 1.807) is 11.3 Å². The van der Waals surface area contributed by atoms with E-state index in [4.69, 9.17) is 17.0 Å². The number of para-hydroxylation sites is 1. The van der Waals surface area contributed by atoms with Gasteiger partial charge in [0, 0.05) is 28.0 Å². The Morgan fingerprint density at radius 3 is 3.17 bits per heavy atom. The molecule has 1 N–H and O–H groups in total. The first-order valence-electron chi connectivity index (χ1n) is 5.90. The van der Waals surface area contributed by atoms with Crippen LogP contribution in [-0.4, -0.2) is 17.3 Å². The highest BCUT2D eigenvalue weighted by atomic mass is 32.2. The van der Waals surface area contributed by atoms with E-state index in [1.165, 1.54) is 15.5 Å². The first-order valence-corrected chi connectivity index (χ1v) is 8.11. The Kier molecular flexibility index (Phi) is 2.53. The highest BCUT2D eigenvalue weighted by molar-refractivity contribution is 7.99. The summed E-state index contributed by atoms with van der Waals surface area (Å²) in [5.41, 5.74) is 1.32. The lowest BCUT2D eigenvalue weighted by Crippen LogP contribution is -2.30. The van der Waals surface area contributed by atoms with Crippen LogP contribution in [0, 0.1) is 9.87 Å². The van der Waals surface area contributed by atoms with Gasteiger partial charge in [0.2, 0.25) is 0 Å². The summed E-state index contributed by atoms with van der Waals surface area (Å²) in [4.78, 5) is 4.72. The van der Waals surface area contributed by atoms with Crippen LogP contribution < -0.4 is 4.74 Å². The van der Waals surface area contributed by atoms with Gasteiger partial charge < -0.3 is 9.72 Å². The third-order valence-corrected chi connectivity index (χ3v) is 6.20. The molecule has 2 aliphatic heterocycles. The molecule has 1 aromatic carbocycles. The van der Waals surface area contributed by atoms with E-state index in [-0.39, 0.29) is 0 Å². The maximum Gasteiger partial charge on any atom is 0.159 e. The second-order valence-electron chi connectivity index (χ2n) is 4.61. The molecule has 92 valence electrons. The van der Waals surface area contributed by atoms with Crippen LogP contribution >= 0.6 is 35.3 Å². The fraction of sp³-hybridized carbons (Fsp3) is 0.308. The monoisotopic (exact) mass is 293 g/mol. The number of hydrogen-bond acceptors (Lipinski definition) is 4. The summed E-state index contributed by atoms with van der Waals surface area (Å²) in [7, 11) is 0. The average molecular weight is 293 g/mol. The van der Waals surface area contributed by atoms with Crippen molar-refractivity contribution >= 4 is 35.3 Å². The van der Waals surface area contributed by atoms with Crippen molar-refractivity contribution < 1.29 is 4.74 Å². The summed E-state index contributed by atoms with van der Waals surface area (Å²) in [6, 6.07) is 8.39. The smallest absolute Gasteiger partial charge is 0.159 e. The summed E-state index contributed by atoms with van der Waals surface area (Å²) in [6.45, 7) is 0.818. The molecular weight excluding hydrogens is 282 g/mol. The van der Waals surface area contributed by atoms with Crippen LogP contribution in [0.2, 0.25) is 0 Å². The van der Waals surface area contributed by atoms with E-state index in [1.807, 2.05) is 17.8 Å². The molecule has 0 aliphatic carbocycles. The third-order valence-electron chi connectivity index (χ3n) is 3.54. The van der Waals surface area contributed by atoms with Gasteiger partial charge in [-0.15, -0.1) is 23.1 Å². The van der Waals surface area contributed by atoms with Crippen molar-refractivity contribution in [3.63, 3.8) is 0 Å². The molecule has 0 fully saturated rings. The molecule has 0 radical (unpaired) electrons. The molecule has 2 atom stereocenters. The van der Waals surface area contributed by atoms with Crippen molar-refractivity contribution in [2.75, 3.05) is 12.4 Å². The second kappa shape index (κ2) is 4.11. The lowest BCUT2D eigenvalue weighted by molar-refractivity contribution is 0.219. The minimum Gasteiger partial charge on any atom is -0.493 e. The Labute approximate surface area is 118 Å². The van der Waals surface area contributed by atoms with Gasteiger partial charge in [-0.3, -0.25) is 0 Å². The maximum absolute atomic E-state index is 5.87. The molecule has 18 heavy (non-hydrogen) atoms. The fourth-order valence-corrected chi connectivity index (χ4v) is 5.60. The Morgan fingerprint density at radius 1 is 1.33 bits per heavy atom. The normalized spacial score (nSPS) is 24.7. The van der Waals surface area contributed by atoms with Gasteiger partial charge in [-0.1, -0.05) is 18.2 Å². The Bertz CT molecular complexity index is 660. The van der Waals surface area contributed by atoms with Crippen molar-refractivity contribution in [3.8, 4) is 5.75 Å². The summed E-state index contributed by atoms with van der Waals surface area (Å²) in [6.07, 6.45) is 0. The first-order chi connectivity index (χ1) is 8.83. The molecule has 3 heterocycles. The average Bonchev–Trinajstić information content (AvgIpc) is 2.78. The summed E-state index contributed by atoms with van der Waals surface area (Å²) in [5.74, 6) is 3.17. The lowest BCUT2D eigenvalue weighted by Gasteiger charge is -2.35. The van der Waals surface area contributed by atoms with Gasteiger partial charge in [-0.25, -0.2) is 0 Å². The predicted octanol–water partition coefficient (Wildman–Crippen LogP) is 4.05. The number of thiazole rings is 1. The molecule has 0 unspecified atom stereocenters. The Hall–Kier alpha value is -0.780. The molecular formula is C13H11NOS3. The van der Waals surface area contributed by atoms with Crippen LogP contribution in [0.1, 0.15) is 16.4 Å². The van der Waals surface area contributed by atoms with Gasteiger partial charge in [0.1, 0.15) is 5.75 Å². The fourth-order valence-electron chi connectivity index (χ4n) is 2.74. The molecule has 0 saturated carbocycles. The topological polar surface area (TPSA) is 25.0 Å². The molecule has 1 aromatic heterocycles. The van der Waals surface area contributed by atoms with Gasteiger partial charge in [0.05, 0.1) is 11.6 Å². The quantitative estimate of drug-likeness (QED) is 0.742. The minimum absolute atomic E-state index is 0.462. The van der Waals surface area contributed by atoms with Crippen LogP contribution in [0.4, 0.5) is 0 Å². The number of thioether (sulfide) groups is 1. The number of ether oxygens (including phenoxy) is 1. The van der Waals surface area contributed by atoms with Gasteiger partial charge in [0.15, 0.2) is 3.95 Å². The van der Waals surface area contributed by atoms with E-state index >= 15 is 0 Å². The molecule has 0 saturated heterocycles. The standard InChI is InChI=1S/C13H11NOS3/c16-13-14-12-11(18-13)10-7(6-17-12)5-15-9-4-2-1-3-8(9)10/h1-4,7,10H,5-6H2,(H,14,16)/t7-,10+/m0/s1. The van der Waals surface area contributed by atoms with Crippen LogP contribution in [0.5, 0.6) is 5.75 Å². The maximum atomic E-state index is 5.87. The van der Waals surface area contributed by atoms with E-state index in [0.717, 1.165) is 22.1 Å². The highest BCUT2D eigenvalue weighted by Gasteiger charge is 2.38. The zero-order chi connectivity index (χ0) is 12.1. The zero-order valence-corrected chi connectivity index (χ0v) is 12.0. The summed E-state index contributed by atoms with van der Waals surface area (Å²) < 4.78 is 6.76. The predicted molar refractivity (Wildman–Crippen MR) is 77.5 cm³/mol. The van der Waals surface area contributed by atoms with Crippen molar-refractivity contribution in [3.05, 3.63) is 38.7 Å². The minimum atomic E-state index is 0.462. The van der Waals surface area contributed by atoms with Gasteiger partial charge in [-0.2, -0.15) is 0 Å². The van der Waals surface area contributed by atoms with E-state index in [2.05, 4.69) is 23.2 Å². The van der Waals surface area contributed by atoms with Crippen molar-refractivity contribution in [2.24, 2.45) is 5.92 Å². The molecule has 2 nitrogen and oxygen atoms in total. The molecule has 2 aliphatic rings. The van der Waals surface area contributed by atoms with Crippen LogP contribution in [0.25, 0.3) is 0 Å². The molecule has 0 bridgehead atoms. The van der Waals surface area contributed by atoms with E-state index in [0.29, 0.717) is 11.8 Å². The number of rotatable bonds is 0. The molecule has 5 heteroatoms. The lowest BCUT2D eigenvalue weighted by atomic mass is 9.84. The van der Waals surface area contributed by atoms with Crippen LogP contribution in [-0.2, 0) is 0 Å². The number of aromatic nitrogens is 1. The molecule has 0 amide bonds. The van der Waals surface area contributed by atoms with Gasteiger partial charge in [0.25, 0.3) is 0 Å². The number of fused-ring (bicyclic) bond motifs is 5. The third kappa shape index (κ3) is 1.57. The highest BCUT2D eigenvalue weighted by Crippen LogP contribution is 2.50. The van der Waals surface area contributed by atoms with Gasteiger partial charge >= 0.3 is 0 Å². The van der Waals surface area contributed by atoms with Gasteiger partial charge in [-0.05, 0) is 18.3 Å². The Balaban J connectivity index is 1.93. The van der Waals surface area contributed by atoms with Crippen molar-refractivity contribution in [2.45, 2.75) is 10.9 Å². The SMILES string of the molecule is S=c1[nH]c2c(s1)[C@H]1c3ccccc3OC[C@H]1CS2. The van der Waals surface area contributed by atoms with E-state index in [9.17, 15) is 0 Å². The van der Waals surface area contributed by atoms with Crippen LogP contribution in [0.15, 0.2) is 29.3 Å². The first kappa shape index (κ1) is 11.1. The molecule has 0 spiro atoms. The molecule has 2 aromatic rings. The number of hydrogen-bond donors (Lipinski definition) is 1. The number of H-pyrrole nitrogens is 1. The van der Waals surface area contributed by atoms with Crippen LogP contribution in [0.3, 0.4) is 0 Å². The summed E-state index contributed by atoms with van der Waals surface area (Å²) in [5, 5.41) is 1.27. The number of nitrogens with one attached hydrogen (secondary N) is 1.